The average Bonchev–Trinajstić information content (AvgIpc) is 1.65. The highest BCUT2D eigenvalue weighted by atomic mass is 35.5. The second-order valence-corrected chi connectivity index (χ2v) is 0.891. The van der Waals surface area contributed by atoms with E-state index in [0.717, 1.165) is 0 Å². The highest BCUT2D eigenvalue weighted by Crippen LogP contribution is 1.73. The molecule has 0 aromatic carbocycles. The highest BCUT2D eigenvalue weighted by Gasteiger charge is 1.91. The van der Waals surface area contributed by atoms with Crippen molar-refractivity contribution in [3.63, 3.8) is 0 Å². The van der Waals surface area contributed by atoms with E-state index in [1.807, 2.05) is 0 Å². The third-order valence-electron chi connectivity index (χ3n) is 0.241. The molecule has 0 saturated heterocycles. The molecular weight excluding hydrogens is 105 g/mol. The van der Waals surface area contributed by atoms with E-state index in [2.05, 4.69) is 10.7 Å². The summed E-state index contributed by atoms with van der Waals surface area (Å²) in [5.74, 6) is 3.55. The van der Waals surface area contributed by atoms with Crippen molar-refractivity contribution in [2.75, 3.05) is 5.88 Å². The molecule has 6 heavy (non-hydrogen) atoms. The third kappa shape index (κ3) is 1.99. The van der Waals surface area contributed by atoms with Gasteiger partial charge in [0, 0.05) is 0 Å². The molecule has 0 aliphatic rings. The van der Waals surface area contributed by atoms with Crippen molar-refractivity contribution in [1.29, 1.82) is 0 Å². The van der Waals surface area contributed by atoms with Crippen molar-refractivity contribution < 1.29 is 9.63 Å². The van der Waals surface area contributed by atoms with E-state index in [9.17, 15) is 4.79 Å². The van der Waals surface area contributed by atoms with Gasteiger partial charge in [-0.25, -0.2) is 4.79 Å². The summed E-state index contributed by atoms with van der Waals surface area (Å²) in [6, 6.07) is 0. The first kappa shape index (κ1) is 5.72. The van der Waals surface area contributed by atoms with Gasteiger partial charge in [0.2, 0.25) is 0 Å². The van der Waals surface area contributed by atoms with Crippen molar-refractivity contribution in [3.8, 4) is 0 Å². The molecule has 0 aromatic heterocycles. The molecule has 0 aliphatic heterocycles. The summed E-state index contributed by atoms with van der Waals surface area (Å²) in [6.07, 6.45) is 0. The first-order valence-corrected chi connectivity index (χ1v) is 1.80. The van der Waals surface area contributed by atoms with Crippen molar-refractivity contribution in [3.05, 3.63) is 0 Å². The van der Waals surface area contributed by atoms with Gasteiger partial charge in [-0.15, -0.1) is 11.6 Å². The quantitative estimate of drug-likeness (QED) is 0.370. The first-order chi connectivity index (χ1) is 2.81. The Morgan fingerprint density at radius 3 is 2.50 bits per heavy atom. The molecule has 2 N–H and O–H groups in total. The maximum absolute atomic E-state index is 9.70. The van der Waals surface area contributed by atoms with Crippen LogP contribution in [0.25, 0.3) is 0 Å². The van der Waals surface area contributed by atoms with Crippen LogP contribution in [0.1, 0.15) is 0 Å². The Balaban J connectivity index is 2.99. The van der Waals surface area contributed by atoms with Crippen LogP contribution in [0.2, 0.25) is 0 Å². The summed E-state index contributed by atoms with van der Waals surface area (Å²) in [6.45, 7) is 0. The van der Waals surface area contributed by atoms with E-state index < -0.39 is 5.97 Å². The van der Waals surface area contributed by atoms with Crippen LogP contribution in [-0.4, -0.2) is 11.8 Å². The molecule has 0 saturated carbocycles. The molecule has 36 valence electrons. The number of rotatable bonds is 1. The van der Waals surface area contributed by atoms with Gasteiger partial charge in [0.05, 0.1) is 0 Å². The summed E-state index contributed by atoms with van der Waals surface area (Å²) in [7, 11) is 0. The average molecular weight is 110 g/mol. The molecule has 0 atom stereocenters. The zero-order chi connectivity index (χ0) is 4.99. The van der Waals surface area contributed by atoms with Crippen LogP contribution in [0.3, 0.4) is 0 Å². The number of hydrogen-bond donors (Lipinski definition) is 1. The molecule has 0 aliphatic carbocycles. The molecule has 0 unspecified atom stereocenters. The number of alkyl halides is 1. The van der Waals surface area contributed by atoms with Crippen molar-refractivity contribution in [1.82, 2.24) is 0 Å². The smallest absolute Gasteiger partial charge is 0.339 e. The number of nitrogens with two attached hydrogens (primary N) is 1. The zero-order valence-corrected chi connectivity index (χ0v) is 3.73. The van der Waals surface area contributed by atoms with Crippen LogP contribution in [-0.2, 0) is 9.63 Å². The summed E-state index contributed by atoms with van der Waals surface area (Å²) >= 11 is 4.90. The fraction of sp³-hybridized carbons (Fsp3) is 0.500. The molecule has 0 rings (SSSR count). The largest absolute Gasteiger partial charge is 0.372 e. The maximum Gasteiger partial charge on any atom is 0.339 e. The van der Waals surface area contributed by atoms with Gasteiger partial charge in [-0.2, -0.15) is 5.90 Å². The van der Waals surface area contributed by atoms with E-state index >= 15 is 0 Å². The second-order valence-electron chi connectivity index (χ2n) is 0.623. The number of hydrogen-bond acceptors (Lipinski definition) is 3. The van der Waals surface area contributed by atoms with Crippen molar-refractivity contribution >= 4 is 17.6 Å². The van der Waals surface area contributed by atoms with E-state index in [1.165, 1.54) is 0 Å². The number of carbonyl (C=O) groups excluding carboxylic acids is 1. The monoisotopic (exact) mass is 109 g/mol. The minimum Gasteiger partial charge on any atom is -0.372 e. The number of carbonyl (C=O) groups is 1. The van der Waals surface area contributed by atoms with E-state index in [1.54, 1.807) is 0 Å². The Labute approximate surface area is 40.0 Å². The Hall–Kier alpha value is -0.280. The van der Waals surface area contributed by atoms with Crippen molar-refractivity contribution in [2.24, 2.45) is 5.90 Å². The Morgan fingerprint density at radius 1 is 2.00 bits per heavy atom. The molecule has 0 aromatic rings. The topological polar surface area (TPSA) is 52.3 Å². The van der Waals surface area contributed by atoms with Gasteiger partial charge in [0.1, 0.15) is 5.88 Å². The molecule has 0 radical (unpaired) electrons. The summed E-state index contributed by atoms with van der Waals surface area (Å²) in [5.41, 5.74) is 0. The molecule has 0 fully saturated rings. The van der Waals surface area contributed by atoms with Gasteiger partial charge in [-0.3, -0.25) is 0 Å². The zero-order valence-electron chi connectivity index (χ0n) is 2.98. The lowest BCUT2D eigenvalue weighted by atomic mass is 10.8. The van der Waals surface area contributed by atoms with Gasteiger partial charge in [0.15, 0.2) is 0 Å². The minimum absolute atomic E-state index is 0.184. The van der Waals surface area contributed by atoms with Gasteiger partial charge in [-0.05, 0) is 0 Å². The lowest BCUT2D eigenvalue weighted by molar-refractivity contribution is -0.141. The van der Waals surface area contributed by atoms with Gasteiger partial charge in [-0.1, -0.05) is 0 Å². The molecule has 0 spiro atoms. The molecule has 0 amide bonds. The lowest BCUT2D eigenvalue weighted by Crippen LogP contribution is -2.10. The molecule has 0 bridgehead atoms. The van der Waals surface area contributed by atoms with Crippen molar-refractivity contribution in [2.45, 2.75) is 0 Å². The molecular formula is C2H4ClNO2. The lowest BCUT2D eigenvalue weighted by Gasteiger charge is -1.84. The standard InChI is InChI=1S/C2H4ClNO2/c3-1-2(5)6-4/h1,4H2. The van der Waals surface area contributed by atoms with Crippen LogP contribution >= 0.6 is 11.6 Å². The summed E-state index contributed by atoms with van der Waals surface area (Å²) < 4.78 is 0. The highest BCUT2D eigenvalue weighted by molar-refractivity contribution is 6.26. The predicted octanol–water partition coefficient (Wildman–Crippen LogP) is -0.358. The van der Waals surface area contributed by atoms with Gasteiger partial charge >= 0.3 is 5.97 Å². The predicted molar refractivity (Wildman–Crippen MR) is 21.0 cm³/mol. The maximum atomic E-state index is 9.70. The Bertz CT molecular complexity index is 49.5. The van der Waals surface area contributed by atoms with Crippen LogP contribution in [0.4, 0.5) is 0 Å². The van der Waals surface area contributed by atoms with Crippen LogP contribution in [0, 0.1) is 0 Å². The minimum atomic E-state index is -0.614. The third-order valence-corrected chi connectivity index (χ3v) is 0.459. The Morgan fingerprint density at radius 2 is 2.50 bits per heavy atom. The fourth-order valence-corrected chi connectivity index (χ4v) is 0.0945. The summed E-state index contributed by atoms with van der Waals surface area (Å²) in [4.78, 5) is 13.3. The fourth-order valence-electron chi connectivity index (χ4n) is 0.0315. The second kappa shape index (κ2) is 2.93. The van der Waals surface area contributed by atoms with Gasteiger partial charge < -0.3 is 4.84 Å². The van der Waals surface area contributed by atoms with Crippen LogP contribution < -0.4 is 5.90 Å². The van der Waals surface area contributed by atoms with E-state index in [4.69, 9.17) is 11.6 Å². The molecule has 4 heteroatoms. The number of halogens is 1. The van der Waals surface area contributed by atoms with E-state index in [-0.39, 0.29) is 5.88 Å². The molecule has 0 heterocycles. The van der Waals surface area contributed by atoms with Gasteiger partial charge in [0.25, 0.3) is 0 Å². The first-order valence-electron chi connectivity index (χ1n) is 1.26. The normalized spacial score (nSPS) is 7.67. The Kier molecular flexibility index (Phi) is 2.80. The summed E-state index contributed by atoms with van der Waals surface area (Å²) in [5, 5.41) is 0. The van der Waals surface area contributed by atoms with Crippen LogP contribution in [0.15, 0.2) is 0 Å². The van der Waals surface area contributed by atoms with E-state index in [0.29, 0.717) is 0 Å². The van der Waals surface area contributed by atoms with Crippen LogP contribution in [0.5, 0.6) is 0 Å². The molecule has 3 nitrogen and oxygen atoms in total. The SMILES string of the molecule is NOC(=O)CCl.